The molecule has 0 aliphatic carbocycles. The molecule has 0 radical (unpaired) electrons. The van der Waals surface area contributed by atoms with Gasteiger partial charge in [0, 0.05) is 17.6 Å². The predicted molar refractivity (Wildman–Crippen MR) is 78.0 cm³/mol. The number of amides is 1. The van der Waals surface area contributed by atoms with Crippen LogP contribution < -0.4 is 23.8 Å². The van der Waals surface area contributed by atoms with Crippen LogP contribution in [0, 0.1) is 6.08 Å². The summed E-state index contributed by atoms with van der Waals surface area (Å²) in [5.41, 5.74) is 1.88. The van der Waals surface area contributed by atoms with Gasteiger partial charge in [-0.3, -0.25) is 0 Å². The van der Waals surface area contributed by atoms with Crippen molar-refractivity contribution >= 4 is 23.4 Å². The van der Waals surface area contributed by atoms with Crippen molar-refractivity contribution in [3.63, 3.8) is 0 Å². The summed E-state index contributed by atoms with van der Waals surface area (Å²) in [7, 11) is 1.80. The first-order valence-corrected chi connectivity index (χ1v) is 6.81. The zero-order valence-electron chi connectivity index (χ0n) is 11.5. The van der Waals surface area contributed by atoms with E-state index >= 15 is 0 Å². The van der Waals surface area contributed by atoms with Crippen molar-refractivity contribution in [3.8, 4) is 0 Å². The number of para-hydroxylation sites is 1. The van der Waals surface area contributed by atoms with Gasteiger partial charge in [0.25, 0.3) is 0 Å². The summed E-state index contributed by atoms with van der Waals surface area (Å²) in [5.74, 6) is -0.00690. The van der Waals surface area contributed by atoms with Crippen molar-refractivity contribution < 1.29 is 23.7 Å². The first-order chi connectivity index (χ1) is 9.25. The van der Waals surface area contributed by atoms with E-state index < -0.39 is 0 Å². The van der Waals surface area contributed by atoms with Crippen LogP contribution in [0.2, 0.25) is 0 Å². The maximum atomic E-state index is 12.3. The van der Waals surface area contributed by atoms with Crippen molar-refractivity contribution in [2.45, 2.75) is 4.90 Å². The normalized spacial score (nSPS) is 15.8. The number of hydrogen-bond acceptors (Lipinski definition) is 2. The summed E-state index contributed by atoms with van der Waals surface area (Å²) < 4.78 is 0. The Balaban J connectivity index is 0.00000147. The number of anilines is 1. The topological polar surface area (TPSA) is 20.3 Å². The van der Waals surface area contributed by atoms with Gasteiger partial charge in [0.15, 0.2) is 5.91 Å². The molecule has 4 heteroatoms. The van der Waals surface area contributed by atoms with E-state index in [0.29, 0.717) is 4.91 Å². The van der Waals surface area contributed by atoms with Gasteiger partial charge in [-0.05, 0) is 17.0 Å². The van der Waals surface area contributed by atoms with Gasteiger partial charge in [0.1, 0.15) is 0 Å². The van der Waals surface area contributed by atoms with Crippen LogP contribution in [0.25, 0.3) is 0 Å². The van der Waals surface area contributed by atoms with E-state index in [1.807, 2.05) is 54.6 Å². The molecule has 0 fully saturated rings. The molecular formula is C16H12LiNOS. The van der Waals surface area contributed by atoms with Gasteiger partial charge in [-0.2, -0.15) is 0 Å². The molecule has 1 amide bonds. The van der Waals surface area contributed by atoms with Crippen LogP contribution in [0.15, 0.2) is 64.4 Å². The molecule has 94 valence electrons. The fraction of sp³-hybridized carbons (Fsp3) is 0.0625. The van der Waals surface area contributed by atoms with E-state index in [1.165, 1.54) is 11.8 Å². The van der Waals surface area contributed by atoms with Crippen LogP contribution in [0.5, 0.6) is 0 Å². The van der Waals surface area contributed by atoms with Crippen LogP contribution in [0.3, 0.4) is 0 Å². The summed E-state index contributed by atoms with van der Waals surface area (Å²) >= 11 is 1.48. The first-order valence-electron chi connectivity index (χ1n) is 5.99. The number of benzene rings is 2. The van der Waals surface area contributed by atoms with E-state index in [1.54, 1.807) is 11.9 Å². The molecule has 1 aliphatic rings. The van der Waals surface area contributed by atoms with Crippen molar-refractivity contribution in [2.24, 2.45) is 0 Å². The van der Waals surface area contributed by atoms with Gasteiger partial charge >= 0.3 is 18.9 Å². The monoisotopic (exact) mass is 273 g/mol. The summed E-state index contributed by atoms with van der Waals surface area (Å²) in [4.78, 5) is 15.7. The van der Waals surface area contributed by atoms with Crippen LogP contribution in [-0.2, 0) is 4.79 Å². The molecule has 1 aliphatic heterocycles. The molecule has 3 rings (SSSR count). The molecule has 0 spiro atoms. The number of carbonyl (C=O) groups excluding carboxylic acids is 1. The second kappa shape index (κ2) is 6.36. The smallest absolute Gasteiger partial charge is 0.349 e. The first kappa shape index (κ1) is 15.0. The van der Waals surface area contributed by atoms with E-state index in [9.17, 15) is 4.79 Å². The van der Waals surface area contributed by atoms with Crippen molar-refractivity contribution in [2.75, 3.05) is 11.9 Å². The van der Waals surface area contributed by atoms with Crippen molar-refractivity contribution in [1.29, 1.82) is 0 Å². The van der Waals surface area contributed by atoms with E-state index in [0.717, 1.165) is 16.1 Å². The summed E-state index contributed by atoms with van der Waals surface area (Å²) in [6.45, 7) is 0. The number of fused-ring (bicyclic) bond motifs is 1. The Kier molecular flexibility index (Phi) is 4.77. The number of likely N-dealkylation sites (N-methyl/N-ethyl adjacent to an activating group) is 1. The number of carbonyl (C=O) groups is 1. The quantitative estimate of drug-likeness (QED) is 0.428. The second-order valence-corrected chi connectivity index (χ2v) is 5.31. The fourth-order valence-electron chi connectivity index (χ4n) is 1.97. The zero-order valence-corrected chi connectivity index (χ0v) is 12.3. The number of hydrogen-bond donors (Lipinski definition) is 0. The molecule has 2 aromatic carbocycles. The molecule has 0 atom stereocenters. The third-order valence-electron chi connectivity index (χ3n) is 2.97. The average molecular weight is 273 g/mol. The minimum Gasteiger partial charge on any atom is -0.349 e. The molecule has 0 saturated carbocycles. The average Bonchev–Trinajstić information content (AvgIpc) is 2.46. The molecule has 2 nitrogen and oxygen atoms in total. The second-order valence-electron chi connectivity index (χ2n) is 4.25. The standard InChI is InChI=1S/C16H12NOS.Li/c1-17-13-9-5-6-10-14(13)19-15(16(17)18)11-12-7-3-2-4-8-12;/h2-10H,1H3;/q-1;+1. The molecule has 1 heterocycles. The summed E-state index contributed by atoms with van der Waals surface area (Å²) in [6, 6.07) is 17.6. The van der Waals surface area contributed by atoms with Crippen molar-refractivity contribution in [1.82, 2.24) is 0 Å². The molecule has 20 heavy (non-hydrogen) atoms. The van der Waals surface area contributed by atoms with Crippen LogP contribution in [0.1, 0.15) is 5.56 Å². The molecular weight excluding hydrogens is 261 g/mol. The predicted octanol–water partition coefficient (Wildman–Crippen LogP) is 0.494. The van der Waals surface area contributed by atoms with E-state index in [4.69, 9.17) is 0 Å². The Labute approximate surface area is 135 Å². The van der Waals surface area contributed by atoms with E-state index in [2.05, 4.69) is 6.08 Å². The Bertz CT molecular complexity index is 655. The molecule has 0 bridgehead atoms. The molecule has 0 unspecified atom stereocenters. The van der Waals surface area contributed by atoms with Gasteiger partial charge in [-0.25, -0.2) is 0 Å². The number of rotatable bonds is 1. The third kappa shape index (κ3) is 2.86. The molecule has 2 aromatic rings. The van der Waals surface area contributed by atoms with Gasteiger partial charge in [0.05, 0.1) is 0 Å². The van der Waals surface area contributed by atoms with Gasteiger partial charge in [-0.1, -0.05) is 18.2 Å². The van der Waals surface area contributed by atoms with Crippen LogP contribution >= 0.6 is 11.8 Å². The van der Waals surface area contributed by atoms with Gasteiger partial charge in [0.2, 0.25) is 0 Å². The Morgan fingerprint density at radius 1 is 1.00 bits per heavy atom. The fourth-order valence-corrected chi connectivity index (χ4v) is 3.04. The van der Waals surface area contributed by atoms with E-state index in [-0.39, 0.29) is 24.8 Å². The van der Waals surface area contributed by atoms with Crippen LogP contribution in [-0.4, -0.2) is 13.0 Å². The minimum atomic E-state index is -0.00690. The zero-order chi connectivity index (χ0) is 13.2. The molecule has 0 saturated heterocycles. The minimum absolute atomic E-state index is 0. The Hall–Kier alpha value is -1.40. The molecule has 0 N–H and O–H groups in total. The van der Waals surface area contributed by atoms with Gasteiger partial charge in [-0.15, -0.1) is 47.7 Å². The SMILES string of the molecule is CN1C(=O)C(=[C-]c2ccccc2)Sc2ccccc21.[Li+]. The van der Waals surface area contributed by atoms with Crippen molar-refractivity contribution in [3.05, 3.63) is 71.1 Å². The van der Waals surface area contributed by atoms with Gasteiger partial charge < -0.3 is 9.69 Å². The maximum absolute atomic E-state index is 12.3. The third-order valence-corrected chi connectivity index (χ3v) is 4.02. The van der Waals surface area contributed by atoms with Crippen LogP contribution in [0.4, 0.5) is 5.69 Å². The number of nitrogens with zero attached hydrogens (tertiary/aromatic N) is 1. The Morgan fingerprint density at radius 3 is 2.40 bits per heavy atom. The summed E-state index contributed by atoms with van der Waals surface area (Å²) in [5, 5.41) is 0. The summed E-state index contributed by atoms with van der Waals surface area (Å²) in [6.07, 6.45) is 3.19. The maximum Gasteiger partial charge on any atom is 1.00 e. The largest absolute Gasteiger partial charge is 1.00 e. The molecule has 0 aromatic heterocycles. The Morgan fingerprint density at radius 2 is 1.65 bits per heavy atom. The number of thioether (sulfide) groups is 1.